The molecule has 3 heteroatoms. The second-order valence-electron chi connectivity index (χ2n) is 4.40. The monoisotopic (exact) mass is 282 g/mol. The first-order valence-electron chi connectivity index (χ1n) is 6.78. The lowest BCUT2D eigenvalue weighted by atomic mass is 10.2. The summed E-state index contributed by atoms with van der Waals surface area (Å²) < 4.78 is 11.1. The summed E-state index contributed by atoms with van der Waals surface area (Å²) in [5, 5.41) is 8.72. The zero-order chi connectivity index (χ0) is 14.9. The van der Waals surface area contributed by atoms with Crippen LogP contribution in [-0.4, -0.2) is 18.8 Å². The first kappa shape index (κ1) is 15.0. The fourth-order valence-electron chi connectivity index (χ4n) is 1.87. The van der Waals surface area contributed by atoms with E-state index in [-0.39, 0.29) is 6.61 Å². The molecule has 0 atom stereocenters. The van der Waals surface area contributed by atoms with Crippen LogP contribution >= 0.6 is 0 Å². The summed E-state index contributed by atoms with van der Waals surface area (Å²) in [6, 6.07) is 15.4. The van der Waals surface area contributed by atoms with E-state index in [0.717, 1.165) is 22.6 Å². The van der Waals surface area contributed by atoms with Crippen LogP contribution in [-0.2, 0) is 6.61 Å². The van der Waals surface area contributed by atoms with Crippen molar-refractivity contribution < 1.29 is 14.6 Å². The zero-order valence-corrected chi connectivity index (χ0v) is 12.0. The molecule has 3 nitrogen and oxygen atoms in total. The SMILES string of the molecule is COc1ccccc1COc1cccc(C#CCCO)c1. The van der Waals surface area contributed by atoms with Crippen LogP contribution in [0, 0.1) is 11.8 Å². The van der Waals surface area contributed by atoms with Crippen molar-refractivity contribution >= 4 is 0 Å². The fraction of sp³-hybridized carbons (Fsp3) is 0.222. The van der Waals surface area contributed by atoms with Crippen LogP contribution in [0.5, 0.6) is 11.5 Å². The molecule has 0 saturated carbocycles. The molecular weight excluding hydrogens is 264 g/mol. The molecule has 0 unspecified atom stereocenters. The number of rotatable bonds is 5. The highest BCUT2D eigenvalue weighted by molar-refractivity contribution is 5.40. The molecule has 2 aromatic carbocycles. The highest BCUT2D eigenvalue weighted by atomic mass is 16.5. The highest BCUT2D eigenvalue weighted by Gasteiger charge is 2.02. The van der Waals surface area contributed by atoms with Gasteiger partial charge in [-0.3, -0.25) is 0 Å². The summed E-state index contributed by atoms with van der Waals surface area (Å²) in [6.45, 7) is 0.522. The Morgan fingerprint density at radius 1 is 1.10 bits per heavy atom. The van der Waals surface area contributed by atoms with Gasteiger partial charge in [-0.25, -0.2) is 0 Å². The van der Waals surface area contributed by atoms with Crippen molar-refractivity contribution in [1.29, 1.82) is 0 Å². The maximum atomic E-state index is 8.72. The minimum atomic E-state index is 0.0803. The molecule has 0 radical (unpaired) electrons. The second-order valence-corrected chi connectivity index (χ2v) is 4.40. The van der Waals surface area contributed by atoms with E-state index in [0.29, 0.717) is 13.0 Å². The lowest BCUT2D eigenvalue weighted by molar-refractivity contribution is 0.296. The van der Waals surface area contributed by atoms with Crippen molar-refractivity contribution in [2.24, 2.45) is 0 Å². The van der Waals surface area contributed by atoms with Crippen LogP contribution in [0.4, 0.5) is 0 Å². The first-order valence-corrected chi connectivity index (χ1v) is 6.78. The Bertz CT molecular complexity index is 638. The van der Waals surface area contributed by atoms with E-state index in [9.17, 15) is 0 Å². The van der Waals surface area contributed by atoms with Gasteiger partial charge in [-0.05, 0) is 24.3 Å². The maximum absolute atomic E-state index is 8.72. The standard InChI is InChI=1S/C18H18O3/c1-20-18-11-3-2-9-16(18)14-21-17-10-6-8-15(13-17)7-4-5-12-19/h2-3,6,8-11,13,19H,5,12,14H2,1H3. The molecule has 0 aliphatic rings. The number of aliphatic hydroxyl groups excluding tert-OH is 1. The quantitative estimate of drug-likeness (QED) is 0.857. The molecule has 0 aromatic heterocycles. The maximum Gasteiger partial charge on any atom is 0.125 e. The molecule has 0 fully saturated rings. The Hall–Kier alpha value is -2.44. The number of hydrogen-bond acceptors (Lipinski definition) is 3. The van der Waals surface area contributed by atoms with Crippen LogP contribution in [0.1, 0.15) is 17.5 Å². The lowest BCUT2D eigenvalue weighted by Gasteiger charge is -2.10. The van der Waals surface area contributed by atoms with E-state index < -0.39 is 0 Å². The third kappa shape index (κ3) is 4.55. The van der Waals surface area contributed by atoms with Crippen LogP contribution in [0.3, 0.4) is 0 Å². The van der Waals surface area contributed by atoms with Crippen molar-refractivity contribution in [3.05, 3.63) is 59.7 Å². The number of aliphatic hydroxyl groups is 1. The van der Waals surface area contributed by atoms with Crippen molar-refractivity contribution in [2.45, 2.75) is 13.0 Å². The normalized spacial score (nSPS) is 9.62. The molecule has 0 amide bonds. The molecule has 0 saturated heterocycles. The van der Waals surface area contributed by atoms with E-state index in [1.807, 2.05) is 48.5 Å². The Labute approximate surface area is 125 Å². The molecule has 0 aliphatic heterocycles. The molecule has 0 spiro atoms. The summed E-state index contributed by atoms with van der Waals surface area (Å²) in [7, 11) is 1.65. The van der Waals surface area contributed by atoms with Gasteiger partial charge >= 0.3 is 0 Å². The predicted octanol–water partition coefficient (Wildman–Crippen LogP) is 3.01. The smallest absolute Gasteiger partial charge is 0.125 e. The number of methoxy groups -OCH3 is 1. The van der Waals surface area contributed by atoms with E-state index in [2.05, 4.69) is 11.8 Å². The molecule has 108 valence electrons. The van der Waals surface area contributed by atoms with Crippen molar-refractivity contribution in [3.8, 4) is 23.3 Å². The van der Waals surface area contributed by atoms with Crippen molar-refractivity contribution in [2.75, 3.05) is 13.7 Å². The van der Waals surface area contributed by atoms with Crippen LogP contribution in [0.2, 0.25) is 0 Å². The highest BCUT2D eigenvalue weighted by Crippen LogP contribution is 2.20. The second kappa shape index (κ2) is 7.98. The van der Waals surface area contributed by atoms with Crippen LogP contribution in [0.25, 0.3) is 0 Å². The minimum Gasteiger partial charge on any atom is -0.496 e. The molecule has 2 rings (SSSR count). The molecule has 21 heavy (non-hydrogen) atoms. The third-order valence-electron chi connectivity index (χ3n) is 2.89. The van der Waals surface area contributed by atoms with Crippen LogP contribution < -0.4 is 9.47 Å². The Balaban J connectivity index is 2.03. The topological polar surface area (TPSA) is 38.7 Å². The molecule has 0 heterocycles. The zero-order valence-electron chi connectivity index (χ0n) is 12.0. The number of benzene rings is 2. The Morgan fingerprint density at radius 3 is 2.76 bits per heavy atom. The Morgan fingerprint density at radius 2 is 1.95 bits per heavy atom. The van der Waals surface area contributed by atoms with Gasteiger partial charge in [0.1, 0.15) is 18.1 Å². The van der Waals surface area contributed by atoms with Gasteiger partial charge in [-0.1, -0.05) is 36.1 Å². The van der Waals surface area contributed by atoms with Gasteiger partial charge in [0.05, 0.1) is 13.7 Å². The molecular formula is C18H18O3. The van der Waals surface area contributed by atoms with Crippen LogP contribution in [0.15, 0.2) is 48.5 Å². The van der Waals surface area contributed by atoms with E-state index >= 15 is 0 Å². The third-order valence-corrected chi connectivity index (χ3v) is 2.89. The van der Waals surface area contributed by atoms with Gasteiger partial charge in [-0.15, -0.1) is 0 Å². The summed E-state index contributed by atoms with van der Waals surface area (Å²) in [5.41, 5.74) is 1.87. The molecule has 2 aromatic rings. The van der Waals surface area contributed by atoms with Crippen molar-refractivity contribution in [3.63, 3.8) is 0 Å². The lowest BCUT2D eigenvalue weighted by Crippen LogP contribution is -1.98. The summed E-state index contributed by atoms with van der Waals surface area (Å²) >= 11 is 0. The molecule has 1 N–H and O–H groups in total. The predicted molar refractivity (Wildman–Crippen MR) is 82.3 cm³/mol. The van der Waals surface area contributed by atoms with Crippen molar-refractivity contribution in [1.82, 2.24) is 0 Å². The number of ether oxygens (including phenoxy) is 2. The van der Waals surface area contributed by atoms with Gasteiger partial charge < -0.3 is 14.6 Å². The van der Waals surface area contributed by atoms with Gasteiger partial charge in [0.2, 0.25) is 0 Å². The fourth-order valence-corrected chi connectivity index (χ4v) is 1.87. The average molecular weight is 282 g/mol. The van der Waals surface area contributed by atoms with E-state index in [1.165, 1.54) is 0 Å². The van der Waals surface area contributed by atoms with Gasteiger partial charge in [0, 0.05) is 17.5 Å². The van der Waals surface area contributed by atoms with E-state index in [1.54, 1.807) is 7.11 Å². The Kier molecular flexibility index (Phi) is 5.69. The summed E-state index contributed by atoms with van der Waals surface area (Å²) in [5.74, 6) is 7.46. The average Bonchev–Trinajstić information content (AvgIpc) is 2.54. The molecule has 0 aliphatic carbocycles. The van der Waals surface area contributed by atoms with E-state index in [4.69, 9.17) is 14.6 Å². The summed E-state index contributed by atoms with van der Waals surface area (Å²) in [6.07, 6.45) is 0.478. The summed E-state index contributed by atoms with van der Waals surface area (Å²) in [4.78, 5) is 0. The van der Waals surface area contributed by atoms with Gasteiger partial charge in [-0.2, -0.15) is 0 Å². The number of para-hydroxylation sites is 1. The number of hydrogen-bond donors (Lipinski definition) is 1. The van der Waals surface area contributed by atoms with Gasteiger partial charge in [0.25, 0.3) is 0 Å². The minimum absolute atomic E-state index is 0.0803. The largest absolute Gasteiger partial charge is 0.496 e. The van der Waals surface area contributed by atoms with Gasteiger partial charge in [0.15, 0.2) is 0 Å². The molecule has 0 bridgehead atoms. The first-order chi connectivity index (χ1) is 10.3.